The number of hydrazone groups is 1. The van der Waals surface area contributed by atoms with Crippen LogP contribution < -0.4 is 10.2 Å². The van der Waals surface area contributed by atoms with E-state index < -0.39 is 0 Å². The van der Waals surface area contributed by atoms with Crippen LogP contribution in [0.15, 0.2) is 59.1 Å². The quantitative estimate of drug-likeness (QED) is 0.568. The van der Waals surface area contributed by atoms with E-state index in [4.69, 9.17) is 4.74 Å². The van der Waals surface area contributed by atoms with Gasteiger partial charge in [0.2, 0.25) is 11.8 Å². The van der Waals surface area contributed by atoms with E-state index in [1.807, 2.05) is 6.92 Å². The van der Waals surface area contributed by atoms with Crippen molar-refractivity contribution >= 4 is 23.0 Å². The fraction of sp³-hybridized carbons (Fsp3) is 0.118. The maximum Gasteiger partial charge on any atom is 0.246 e. The van der Waals surface area contributed by atoms with E-state index in [9.17, 15) is 0 Å². The molecular formula is C17H16N4OS. The lowest BCUT2D eigenvalue weighted by Crippen LogP contribution is -2.02. The van der Waals surface area contributed by atoms with Gasteiger partial charge >= 0.3 is 0 Å². The first-order valence-electron chi connectivity index (χ1n) is 7.08. The second kappa shape index (κ2) is 7.02. The Balaban J connectivity index is 1.73. The molecule has 0 fully saturated rings. The van der Waals surface area contributed by atoms with Gasteiger partial charge in [0, 0.05) is 17.1 Å². The number of rotatable bonds is 5. The van der Waals surface area contributed by atoms with E-state index in [0.717, 1.165) is 11.3 Å². The highest BCUT2D eigenvalue weighted by molar-refractivity contribution is 7.13. The molecular weight excluding hydrogens is 308 g/mol. The molecule has 116 valence electrons. The number of hydrogen-bond acceptors (Lipinski definition) is 6. The van der Waals surface area contributed by atoms with Crippen LogP contribution in [0.25, 0.3) is 10.4 Å². The molecule has 0 aliphatic rings. The van der Waals surface area contributed by atoms with Gasteiger partial charge in [-0.1, -0.05) is 30.3 Å². The first-order valence-corrected chi connectivity index (χ1v) is 7.96. The minimum Gasteiger partial charge on any atom is -0.481 e. The lowest BCUT2D eigenvalue weighted by atomic mass is 10.1. The Hall–Kier alpha value is -2.73. The van der Waals surface area contributed by atoms with E-state index in [0.29, 0.717) is 11.8 Å². The zero-order valence-corrected chi connectivity index (χ0v) is 13.7. The molecule has 5 nitrogen and oxygen atoms in total. The number of nitrogens with zero attached hydrogens (tertiary/aromatic N) is 3. The third-order valence-corrected chi connectivity index (χ3v) is 4.19. The van der Waals surface area contributed by atoms with Gasteiger partial charge in [0.15, 0.2) is 0 Å². The average Bonchev–Trinajstić information content (AvgIpc) is 3.14. The van der Waals surface area contributed by atoms with Crippen LogP contribution in [0.1, 0.15) is 12.5 Å². The van der Waals surface area contributed by atoms with Gasteiger partial charge < -0.3 is 4.74 Å². The van der Waals surface area contributed by atoms with Crippen molar-refractivity contribution in [3.63, 3.8) is 0 Å². The highest BCUT2D eigenvalue weighted by atomic mass is 32.1. The molecule has 0 radical (unpaired) electrons. The molecule has 0 saturated heterocycles. The molecule has 2 heterocycles. The second-order valence-corrected chi connectivity index (χ2v) is 5.73. The summed E-state index contributed by atoms with van der Waals surface area (Å²) in [4.78, 5) is 9.51. The van der Waals surface area contributed by atoms with Crippen molar-refractivity contribution in [2.24, 2.45) is 5.10 Å². The van der Waals surface area contributed by atoms with Crippen molar-refractivity contribution in [3.05, 3.63) is 59.6 Å². The summed E-state index contributed by atoms with van der Waals surface area (Å²) in [6.07, 6.45) is 1.62. The predicted molar refractivity (Wildman–Crippen MR) is 94.2 cm³/mol. The van der Waals surface area contributed by atoms with Gasteiger partial charge in [-0.15, -0.1) is 11.3 Å². The van der Waals surface area contributed by atoms with E-state index in [1.54, 1.807) is 30.7 Å². The topological polar surface area (TPSA) is 59.4 Å². The highest BCUT2D eigenvalue weighted by Crippen LogP contribution is 2.24. The van der Waals surface area contributed by atoms with Crippen LogP contribution in [0.5, 0.6) is 5.88 Å². The summed E-state index contributed by atoms with van der Waals surface area (Å²) in [7, 11) is 1.57. The molecule has 0 amide bonds. The molecule has 0 spiro atoms. The van der Waals surface area contributed by atoms with Crippen molar-refractivity contribution in [1.29, 1.82) is 0 Å². The third-order valence-electron chi connectivity index (χ3n) is 3.27. The zero-order chi connectivity index (χ0) is 16.1. The molecule has 0 saturated carbocycles. The van der Waals surface area contributed by atoms with Crippen LogP contribution >= 0.6 is 11.3 Å². The van der Waals surface area contributed by atoms with Gasteiger partial charge in [-0.05, 0) is 29.5 Å². The number of nitrogens with one attached hydrogen (secondary N) is 1. The molecule has 1 N–H and O–H groups in total. The van der Waals surface area contributed by atoms with Crippen molar-refractivity contribution < 1.29 is 4.74 Å². The number of aromatic nitrogens is 2. The second-order valence-electron chi connectivity index (χ2n) is 4.79. The summed E-state index contributed by atoms with van der Waals surface area (Å²) in [5, 5.41) is 6.40. The first-order chi connectivity index (χ1) is 11.3. The minimum atomic E-state index is 0.402. The molecule has 0 unspecified atom stereocenters. The largest absolute Gasteiger partial charge is 0.481 e. The Morgan fingerprint density at radius 2 is 2.00 bits per heavy atom. The Labute approximate surface area is 138 Å². The van der Waals surface area contributed by atoms with Gasteiger partial charge in [0.1, 0.15) is 0 Å². The van der Waals surface area contributed by atoms with E-state index in [2.05, 4.69) is 62.3 Å². The summed E-state index contributed by atoms with van der Waals surface area (Å²) in [6.45, 7) is 1.94. The average molecular weight is 324 g/mol. The summed E-state index contributed by atoms with van der Waals surface area (Å²) in [5.41, 5.74) is 5.95. The van der Waals surface area contributed by atoms with Crippen LogP contribution in [-0.2, 0) is 0 Å². The number of anilines is 1. The molecule has 3 aromatic rings. The van der Waals surface area contributed by atoms with Crippen molar-refractivity contribution in [2.45, 2.75) is 6.92 Å². The maximum atomic E-state index is 5.06. The molecule has 3 rings (SSSR count). The van der Waals surface area contributed by atoms with Gasteiger partial charge in [-0.25, -0.2) is 10.4 Å². The maximum absolute atomic E-state index is 5.06. The highest BCUT2D eigenvalue weighted by Gasteiger charge is 2.02. The molecule has 23 heavy (non-hydrogen) atoms. The Kier molecular flexibility index (Phi) is 4.63. The molecule has 0 atom stereocenters. The van der Waals surface area contributed by atoms with Crippen molar-refractivity contribution in [3.8, 4) is 16.3 Å². The summed E-state index contributed by atoms with van der Waals surface area (Å²) < 4.78 is 5.06. The molecule has 0 aliphatic carbocycles. The summed E-state index contributed by atoms with van der Waals surface area (Å²) in [5.74, 6) is 0.898. The van der Waals surface area contributed by atoms with Gasteiger partial charge in [-0.2, -0.15) is 10.1 Å². The Morgan fingerprint density at radius 3 is 2.70 bits per heavy atom. The van der Waals surface area contributed by atoms with Gasteiger partial charge in [-0.3, -0.25) is 0 Å². The number of methoxy groups -OCH3 is 1. The zero-order valence-electron chi connectivity index (χ0n) is 12.9. The minimum absolute atomic E-state index is 0.402. The lowest BCUT2D eigenvalue weighted by Gasteiger charge is -2.05. The Bertz CT molecular complexity index is 798. The van der Waals surface area contributed by atoms with Crippen molar-refractivity contribution in [1.82, 2.24) is 9.97 Å². The lowest BCUT2D eigenvalue weighted by molar-refractivity contribution is 0.397. The molecule has 2 aromatic heterocycles. The van der Waals surface area contributed by atoms with Crippen LogP contribution in [0.2, 0.25) is 0 Å². The van der Waals surface area contributed by atoms with Gasteiger partial charge in [0.05, 0.1) is 12.8 Å². The summed E-state index contributed by atoms with van der Waals surface area (Å²) >= 11 is 1.73. The monoisotopic (exact) mass is 324 g/mol. The van der Waals surface area contributed by atoms with E-state index >= 15 is 0 Å². The van der Waals surface area contributed by atoms with E-state index in [-0.39, 0.29) is 0 Å². The Morgan fingerprint density at radius 1 is 1.17 bits per heavy atom. The SMILES string of the molecule is COc1ccnc(NN=C(C)c2ccc(-c3cccs3)cc2)n1. The molecule has 6 heteroatoms. The number of hydrogen-bond donors (Lipinski definition) is 1. The fourth-order valence-electron chi connectivity index (χ4n) is 2.03. The van der Waals surface area contributed by atoms with Crippen LogP contribution in [0, 0.1) is 0 Å². The van der Waals surface area contributed by atoms with Crippen molar-refractivity contribution in [2.75, 3.05) is 12.5 Å². The standard InChI is InChI=1S/C17H16N4OS/c1-12(20-21-17-18-10-9-16(19-17)22-2)13-5-7-14(8-6-13)15-4-3-11-23-15/h3-11H,1-2H3,(H,18,19,21). The number of ether oxygens (including phenoxy) is 1. The summed E-state index contributed by atoms with van der Waals surface area (Å²) in [6, 6.07) is 14.2. The molecule has 0 aliphatic heterocycles. The third kappa shape index (κ3) is 3.73. The van der Waals surface area contributed by atoms with Gasteiger partial charge in [0.25, 0.3) is 0 Å². The number of thiophene rings is 1. The van der Waals surface area contributed by atoms with E-state index in [1.165, 1.54) is 10.4 Å². The molecule has 0 bridgehead atoms. The number of benzene rings is 1. The molecule has 1 aromatic carbocycles. The smallest absolute Gasteiger partial charge is 0.246 e. The van der Waals surface area contributed by atoms with Crippen LogP contribution in [0.4, 0.5) is 5.95 Å². The predicted octanol–water partition coefficient (Wildman–Crippen LogP) is 4.05. The normalized spacial score (nSPS) is 11.3. The van der Waals surface area contributed by atoms with Crippen LogP contribution in [0.3, 0.4) is 0 Å². The fourth-order valence-corrected chi connectivity index (χ4v) is 2.76. The first kappa shape index (κ1) is 15.2. The van der Waals surface area contributed by atoms with Crippen LogP contribution in [-0.4, -0.2) is 22.8 Å².